The zero-order valence-corrected chi connectivity index (χ0v) is 20.9. The van der Waals surface area contributed by atoms with Gasteiger partial charge in [-0.1, -0.05) is 25.0 Å². The molecule has 0 amide bonds. The summed E-state index contributed by atoms with van der Waals surface area (Å²) in [5, 5.41) is 20.7. The fraction of sp³-hybridized carbons (Fsp3) is 0.333. The number of ether oxygens (including phenoxy) is 1. The van der Waals surface area contributed by atoms with Crippen LogP contribution in [-0.2, 0) is 6.54 Å². The molecule has 0 bridgehead atoms. The van der Waals surface area contributed by atoms with E-state index in [-0.39, 0.29) is 17.7 Å². The first-order valence-corrected chi connectivity index (χ1v) is 12.7. The van der Waals surface area contributed by atoms with E-state index in [1.807, 2.05) is 25.1 Å². The summed E-state index contributed by atoms with van der Waals surface area (Å²) >= 11 is 0. The predicted octanol–water partition coefficient (Wildman–Crippen LogP) is 6.82. The van der Waals surface area contributed by atoms with Gasteiger partial charge in [-0.3, -0.25) is 4.90 Å². The van der Waals surface area contributed by atoms with Crippen molar-refractivity contribution < 1.29 is 19.3 Å². The van der Waals surface area contributed by atoms with Crippen LogP contribution in [0.25, 0.3) is 22.2 Å². The fourth-order valence-electron chi connectivity index (χ4n) is 5.29. The third kappa shape index (κ3) is 4.91. The van der Waals surface area contributed by atoms with Gasteiger partial charge in [-0.05, 0) is 86.3 Å². The van der Waals surface area contributed by atoms with Crippen LogP contribution in [0.4, 0.5) is 4.39 Å². The standard InChI is InChI=1S/C30H33FN2O3/c1-20-26-18-24(34)10-13-28(26)33(30(20)23-9-14-29(35)27(31)17-23)19-22-7-11-25(12-8-22)36-21(2)32-15-5-3-4-6-16-32/h7-14,17-18,21,34-35H,3-6,15-16,19H2,1-2H3. The molecular weight excluding hydrogens is 455 g/mol. The van der Waals surface area contributed by atoms with Gasteiger partial charge in [-0.25, -0.2) is 4.39 Å². The van der Waals surface area contributed by atoms with Crippen LogP contribution in [0.1, 0.15) is 43.7 Å². The van der Waals surface area contributed by atoms with Gasteiger partial charge in [0.05, 0.1) is 5.69 Å². The first-order valence-electron chi connectivity index (χ1n) is 12.7. The molecule has 6 heteroatoms. The molecule has 1 atom stereocenters. The second-order valence-corrected chi connectivity index (χ2v) is 9.74. The number of hydrogen-bond acceptors (Lipinski definition) is 4. The molecule has 5 nitrogen and oxygen atoms in total. The Hall–Kier alpha value is -3.51. The summed E-state index contributed by atoms with van der Waals surface area (Å²) in [4.78, 5) is 2.41. The number of nitrogens with zero attached hydrogens (tertiary/aromatic N) is 2. The lowest BCUT2D eigenvalue weighted by molar-refractivity contribution is 0.0424. The van der Waals surface area contributed by atoms with Crippen LogP contribution in [0.5, 0.6) is 17.2 Å². The maximum atomic E-state index is 14.3. The van der Waals surface area contributed by atoms with Crippen LogP contribution < -0.4 is 4.74 Å². The van der Waals surface area contributed by atoms with Gasteiger partial charge in [0, 0.05) is 36.1 Å². The zero-order chi connectivity index (χ0) is 25.2. The van der Waals surface area contributed by atoms with Gasteiger partial charge in [-0.2, -0.15) is 0 Å². The van der Waals surface area contributed by atoms with E-state index in [9.17, 15) is 14.6 Å². The highest BCUT2D eigenvalue weighted by atomic mass is 19.1. The van der Waals surface area contributed by atoms with Crippen molar-refractivity contribution >= 4 is 10.9 Å². The summed E-state index contributed by atoms with van der Waals surface area (Å²) in [6.45, 7) is 6.81. The monoisotopic (exact) mass is 488 g/mol. The predicted molar refractivity (Wildman–Crippen MR) is 141 cm³/mol. The number of aryl methyl sites for hydroxylation is 1. The highest BCUT2D eigenvalue weighted by molar-refractivity contribution is 5.92. The Balaban J connectivity index is 1.44. The molecule has 1 unspecified atom stereocenters. The highest BCUT2D eigenvalue weighted by Gasteiger charge is 2.19. The number of halogens is 1. The summed E-state index contributed by atoms with van der Waals surface area (Å²) in [7, 11) is 0. The lowest BCUT2D eigenvalue weighted by atomic mass is 10.1. The number of phenols is 2. The normalized spacial score (nSPS) is 15.6. The summed E-state index contributed by atoms with van der Waals surface area (Å²) < 4.78 is 22.6. The van der Waals surface area contributed by atoms with Crippen molar-refractivity contribution in [3.8, 4) is 28.5 Å². The number of fused-ring (bicyclic) bond motifs is 1. The van der Waals surface area contributed by atoms with Crippen LogP contribution in [0, 0.1) is 12.7 Å². The molecule has 2 N–H and O–H groups in total. The number of rotatable bonds is 6. The van der Waals surface area contributed by atoms with Crippen LogP contribution in [0.2, 0.25) is 0 Å². The summed E-state index contributed by atoms with van der Waals surface area (Å²) in [6, 6.07) is 17.9. The first-order chi connectivity index (χ1) is 17.4. The highest BCUT2D eigenvalue weighted by Crippen LogP contribution is 2.37. The van der Waals surface area contributed by atoms with E-state index < -0.39 is 5.82 Å². The number of hydrogen-bond donors (Lipinski definition) is 2. The fourth-order valence-corrected chi connectivity index (χ4v) is 5.29. The topological polar surface area (TPSA) is 57.9 Å². The molecule has 1 aromatic heterocycles. The van der Waals surface area contributed by atoms with Gasteiger partial charge in [0.25, 0.3) is 0 Å². The third-order valence-electron chi connectivity index (χ3n) is 7.25. The molecule has 0 saturated carbocycles. The minimum Gasteiger partial charge on any atom is -0.508 e. The van der Waals surface area contributed by atoms with E-state index in [0.29, 0.717) is 12.1 Å². The minimum absolute atomic E-state index is 0.0358. The second-order valence-electron chi connectivity index (χ2n) is 9.74. The van der Waals surface area contributed by atoms with Crippen LogP contribution >= 0.6 is 0 Å². The van der Waals surface area contributed by atoms with Gasteiger partial charge in [0.15, 0.2) is 11.6 Å². The number of aromatic hydroxyl groups is 2. The van der Waals surface area contributed by atoms with E-state index in [0.717, 1.165) is 46.6 Å². The van der Waals surface area contributed by atoms with Crippen molar-refractivity contribution in [2.75, 3.05) is 13.1 Å². The molecule has 1 saturated heterocycles. The van der Waals surface area contributed by atoms with Gasteiger partial charge in [-0.15, -0.1) is 0 Å². The minimum atomic E-state index is -0.661. The second kappa shape index (κ2) is 10.2. The van der Waals surface area contributed by atoms with Crippen LogP contribution in [0.3, 0.4) is 0 Å². The third-order valence-corrected chi connectivity index (χ3v) is 7.25. The molecule has 36 heavy (non-hydrogen) atoms. The lowest BCUT2D eigenvalue weighted by Gasteiger charge is -2.28. The van der Waals surface area contributed by atoms with Crippen molar-refractivity contribution in [1.82, 2.24) is 9.47 Å². The zero-order valence-electron chi connectivity index (χ0n) is 20.9. The summed E-state index contributed by atoms with van der Waals surface area (Å²) in [5.74, 6) is -0.00528. The summed E-state index contributed by atoms with van der Waals surface area (Å²) in [5.41, 5.74) is 4.49. The Labute approximate surface area is 211 Å². The lowest BCUT2D eigenvalue weighted by Crippen LogP contribution is -2.37. The Kier molecular flexibility index (Phi) is 6.88. The number of likely N-dealkylation sites (tertiary alicyclic amines) is 1. The molecule has 2 heterocycles. The molecule has 0 aliphatic carbocycles. The molecule has 1 aliphatic rings. The van der Waals surface area contributed by atoms with E-state index in [4.69, 9.17) is 4.74 Å². The largest absolute Gasteiger partial charge is 0.508 e. The molecule has 1 aliphatic heterocycles. The molecule has 4 aromatic rings. The average molecular weight is 489 g/mol. The Morgan fingerprint density at radius 3 is 2.33 bits per heavy atom. The van der Waals surface area contributed by atoms with Crippen LogP contribution in [0.15, 0.2) is 60.7 Å². The number of phenolic OH excluding ortho intramolecular Hbond substituents is 2. The molecule has 0 spiro atoms. The van der Waals surface area contributed by atoms with Gasteiger partial charge in [0.2, 0.25) is 0 Å². The Morgan fingerprint density at radius 1 is 0.917 bits per heavy atom. The van der Waals surface area contributed by atoms with Crippen LogP contribution in [-0.4, -0.2) is 39.0 Å². The average Bonchev–Trinajstić information content (AvgIpc) is 3.03. The number of aromatic nitrogens is 1. The maximum absolute atomic E-state index is 14.3. The molecule has 1 fully saturated rings. The molecule has 5 rings (SSSR count). The Morgan fingerprint density at radius 2 is 1.64 bits per heavy atom. The number of benzene rings is 3. The van der Waals surface area contributed by atoms with E-state index in [1.54, 1.807) is 18.2 Å². The SMILES string of the molecule is Cc1c(-c2ccc(O)c(F)c2)n(Cc2ccc(OC(C)N3CCCCCC3)cc2)c2ccc(O)cc12. The first kappa shape index (κ1) is 24.2. The summed E-state index contributed by atoms with van der Waals surface area (Å²) in [6.07, 6.45) is 5.08. The smallest absolute Gasteiger partial charge is 0.165 e. The van der Waals surface area contributed by atoms with Crippen molar-refractivity contribution in [1.29, 1.82) is 0 Å². The quantitative estimate of drug-likeness (QED) is 0.313. The molecule has 0 radical (unpaired) electrons. The van der Waals surface area contributed by atoms with Crippen molar-refractivity contribution in [2.45, 2.75) is 52.3 Å². The van der Waals surface area contributed by atoms with Crippen molar-refractivity contribution in [3.63, 3.8) is 0 Å². The maximum Gasteiger partial charge on any atom is 0.165 e. The molecular formula is C30H33FN2O3. The van der Waals surface area contributed by atoms with E-state index >= 15 is 0 Å². The van der Waals surface area contributed by atoms with Gasteiger partial charge in [0.1, 0.15) is 17.7 Å². The molecule has 188 valence electrons. The van der Waals surface area contributed by atoms with E-state index in [2.05, 4.69) is 28.5 Å². The van der Waals surface area contributed by atoms with Gasteiger partial charge < -0.3 is 19.5 Å². The van der Waals surface area contributed by atoms with Crippen molar-refractivity contribution in [3.05, 3.63) is 77.6 Å². The van der Waals surface area contributed by atoms with Crippen molar-refractivity contribution in [2.24, 2.45) is 0 Å². The Bertz CT molecular complexity index is 1360. The van der Waals surface area contributed by atoms with Gasteiger partial charge >= 0.3 is 0 Å². The molecule has 3 aromatic carbocycles. The van der Waals surface area contributed by atoms with E-state index in [1.165, 1.54) is 37.8 Å².